The van der Waals surface area contributed by atoms with Gasteiger partial charge in [0.15, 0.2) is 5.76 Å². The van der Waals surface area contributed by atoms with E-state index < -0.39 is 5.97 Å². The molecule has 37 heavy (non-hydrogen) atoms. The molecule has 0 aliphatic heterocycles. The lowest BCUT2D eigenvalue weighted by Crippen LogP contribution is -2.10. The number of aliphatic carboxylic acids is 1. The number of allylic oxidation sites excluding steroid dienone is 2. The van der Waals surface area contributed by atoms with Crippen LogP contribution in [0, 0.1) is 17.2 Å². The van der Waals surface area contributed by atoms with Gasteiger partial charge in [-0.15, -0.1) is 0 Å². The van der Waals surface area contributed by atoms with Gasteiger partial charge in [-0.25, -0.2) is 4.39 Å². The van der Waals surface area contributed by atoms with Crippen molar-refractivity contribution in [3.63, 3.8) is 0 Å². The fourth-order valence-corrected chi connectivity index (χ4v) is 5.41. The average molecular weight is 502 g/mol. The second-order valence-electron chi connectivity index (χ2n) is 10.7. The quantitative estimate of drug-likeness (QED) is 0.323. The van der Waals surface area contributed by atoms with E-state index in [1.807, 2.05) is 30.4 Å². The summed E-state index contributed by atoms with van der Waals surface area (Å²) in [4.78, 5) is 11.4. The fourth-order valence-electron chi connectivity index (χ4n) is 5.41. The minimum Gasteiger partial charge on any atom is -0.497 e. The third-order valence-corrected chi connectivity index (χ3v) is 7.61. The molecule has 2 aliphatic carbocycles. The Hall–Kier alpha value is -3.67. The number of ether oxygens (including phenoxy) is 1. The first kappa shape index (κ1) is 25.0. The number of rotatable bonds is 9. The highest BCUT2D eigenvalue weighted by atomic mass is 19.1. The summed E-state index contributed by atoms with van der Waals surface area (Å²) in [7, 11) is 1.55. The van der Waals surface area contributed by atoms with E-state index >= 15 is 0 Å². The van der Waals surface area contributed by atoms with Gasteiger partial charge in [0, 0.05) is 5.56 Å². The Balaban J connectivity index is 1.54. The summed E-state index contributed by atoms with van der Waals surface area (Å²) in [6.07, 6.45) is 10.2. The number of halogens is 1. The monoisotopic (exact) mass is 501 g/mol. The number of carbonyl (C=O) groups is 1. The lowest BCUT2D eigenvalue weighted by molar-refractivity contribution is -0.137. The molecule has 0 spiro atoms. The number of carboxylic acid groups (broad SMARTS) is 1. The van der Waals surface area contributed by atoms with Crippen molar-refractivity contribution in [3.05, 3.63) is 76.8 Å². The van der Waals surface area contributed by atoms with Gasteiger partial charge in [0.25, 0.3) is 0 Å². The maximum atomic E-state index is 15.0. The van der Waals surface area contributed by atoms with Crippen LogP contribution in [0.3, 0.4) is 0 Å². The Morgan fingerprint density at radius 3 is 2.73 bits per heavy atom. The number of nitrogens with zero attached hydrogens (tertiary/aromatic N) is 1. The normalized spacial score (nSPS) is 17.7. The van der Waals surface area contributed by atoms with Crippen molar-refractivity contribution < 1.29 is 23.6 Å². The lowest BCUT2D eigenvalue weighted by Gasteiger charge is -2.22. The largest absolute Gasteiger partial charge is 0.497 e. The zero-order valence-corrected chi connectivity index (χ0v) is 21.5. The minimum atomic E-state index is -0.770. The van der Waals surface area contributed by atoms with Crippen LogP contribution in [0.5, 0.6) is 5.75 Å². The molecule has 0 bridgehead atoms. The Bertz CT molecular complexity index is 1380. The number of benzene rings is 2. The molecule has 1 atom stereocenters. The van der Waals surface area contributed by atoms with Gasteiger partial charge in [-0.3, -0.25) is 4.79 Å². The Morgan fingerprint density at radius 1 is 1.24 bits per heavy atom. The van der Waals surface area contributed by atoms with Crippen LogP contribution >= 0.6 is 0 Å². The van der Waals surface area contributed by atoms with Crippen LogP contribution in [0.4, 0.5) is 4.39 Å². The highest BCUT2D eigenvalue weighted by Crippen LogP contribution is 2.49. The predicted molar refractivity (Wildman–Crippen MR) is 143 cm³/mol. The number of carboxylic acids is 1. The number of methoxy groups -OCH3 is 1. The molecule has 2 aliphatic rings. The summed E-state index contributed by atoms with van der Waals surface area (Å²) < 4.78 is 26.1. The average Bonchev–Trinajstić information content (AvgIpc) is 3.54. The molecule has 0 saturated heterocycles. The van der Waals surface area contributed by atoms with Gasteiger partial charge < -0.3 is 14.4 Å². The van der Waals surface area contributed by atoms with E-state index in [-0.39, 0.29) is 23.6 Å². The summed E-state index contributed by atoms with van der Waals surface area (Å²) in [5.74, 6) is 0.416. The van der Waals surface area contributed by atoms with Crippen molar-refractivity contribution >= 4 is 23.7 Å². The predicted octanol–water partition coefficient (Wildman–Crippen LogP) is 7.83. The second-order valence-corrected chi connectivity index (χ2v) is 10.7. The van der Waals surface area contributed by atoms with E-state index in [2.05, 4.69) is 31.1 Å². The van der Waals surface area contributed by atoms with Gasteiger partial charge in [0.2, 0.25) is 0 Å². The molecule has 3 aromatic rings. The number of aromatic nitrogens is 1. The third kappa shape index (κ3) is 5.24. The molecule has 6 heteroatoms. The summed E-state index contributed by atoms with van der Waals surface area (Å²) >= 11 is 0. The molecule has 5 rings (SSSR count). The fraction of sp³-hybridized carbons (Fsp3) is 0.355. The van der Waals surface area contributed by atoms with E-state index in [0.717, 1.165) is 47.9 Å². The molecule has 1 N–H and O–H groups in total. The van der Waals surface area contributed by atoms with E-state index in [1.54, 1.807) is 19.2 Å². The standard InChI is InChI=1S/C31H32FNO4/c1-31(2)15-5-8-25(31)29-27(37-33-30(29)24-17-22(36-3)12-13-26(24)32)14-9-19-6-4-7-21(16-19)23(18-28(34)35)20-10-11-20/h4,6-9,12-14,16-17,20,23H,5,10-11,15,18H2,1-3H3,(H,34,35). The Morgan fingerprint density at radius 2 is 2.05 bits per heavy atom. The van der Waals surface area contributed by atoms with Crippen LogP contribution < -0.4 is 4.74 Å². The van der Waals surface area contributed by atoms with Crippen LogP contribution in [0.25, 0.3) is 29.0 Å². The summed E-state index contributed by atoms with van der Waals surface area (Å²) in [6, 6.07) is 12.6. The second kappa shape index (κ2) is 10.0. The first-order chi connectivity index (χ1) is 17.8. The molecule has 2 aromatic carbocycles. The van der Waals surface area contributed by atoms with Crippen LogP contribution in [0.2, 0.25) is 0 Å². The van der Waals surface area contributed by atoms with Crippen LogP contribution in [0.1, 0.15) is 74.3 Å². The summed E-state index contributed by atoms with van der Waals surface area (Å²) in [6.45, 7) is 4.37. The van der Waals surface area contributed by atoms with E-state index in [4.69, 9.17) is 9.26 Å². The Labute approximate surface area is 216 Å². The molecule has 0 amide bonds. The third-order valence-electron chi connectivity index (χ3n) is 7.61. The summed E-state index contributed by atoms with van der Waals surface area (Å²) in [5.41, 5.74) is 4.57. The molecule has 1 fully saturated rings. The van der Waals surface area contributed by atoms with Gasteiger partial charge in [-0.1, -0.05) is 55.4 Å². The van der Waals surface area contributed by atoms with Crippen molar-refractivity contribution in [2.45, 2.75) is 51.9 Å². The van der Waals surface area contributed by atoms with Crippen LogP contribution in [0.15, 0.2) is 53.1 Å². The van der Waals surface area contributed by atoms with Gasteiger partial charge >= 0.3 is 5.97 Å². The minimum absolute atomic E-state index is 0.0266. The number of hydrogen-bond donors (Lipinski definition) is 1. The topological polar surface area (TPSA) is 72.6 Å². The molecule has 1 aromatic heterocycles. The zero-order valence-electron chi connectivity index (χ0n) is 21.5. The Kier molecular flexibility index (Phi) is 6.76. The molecular formula is C31H32FNO4. The van der Waals surface area contributed by atoms with E-state index in [1.165, 1.54) is 6.07 Å². The molecule has 1 unspecified atom stereocenters. The van der Waals surface area contributed by atoms with Gasteiger partial charge in [0.1, 0.15) is 17.3 Å². The van der Waals surface area contributed by atoms with Crippen LogP contribution in [-0.4, -0.2) is 23.3 Å². The first-order valence-electron chi connectivity index (χ1n) is 12.8. The maximum Gasteiger partial charge on any atom is 0.303 e. The van der Waals surface area contributed by atoms with Gasteiger partial charge in [-0.2, -0.15) is 0 Å². The van der Waals surface area contributed by atoms with E-state index in [0.29, 0.717) is 28.7 Å². The van der Waals surface area contributed by atoms with Gasteiger partial charge in [-0.05, 0) is 83.9 Å². The first-order valence-corrected chi connectivity index (χ1v) is 12.8. The summed E-state index contributed by atoms with van der Waals surface area (Å²) in [5, 5.41) is 13.7. The SMILES string of the molecule is COc1ccc(F)c(-c2noc(C=Cc3cccc(C(CC(=O)O)C4CC4)c3)c2C2=CCCC2(C)C)c1. The highest BCUT2D eigenvalue weighted by molar-refractivity contribution is 5.88. The van der Waals surface area contributed by atoms with Crippen molar-refractivity contribution in [1.82, 2.24) is 5.16 Å². The van der Waals surface area contributed by atoms with Crippen molar-refractivity contribution in [2.24, 2.45) is 11.3 Å². The number of hydrogen-bond acceptors (Lipinski definition) is 4. The van der Waals surface area contributed by atoms with Gasteiger partial charge in [0.05, 0.1) is 19.1 Å². The molecule has 1 heterocycles. The van der Waals surface area contributed by atoms with E-state index in [9.17, 15) is 14.3 Å². The smallest absolute Gasteiger partial charge is 0.303 e. The molecule has 1 saturated carbocycles. The van der Waals surface area contributed by atoms with Crippen molar-refractivity contribution in [3.8, 4) is 17.0 Å². The molecule has 192 valence electrons. The van der Waals surface area contributed by atoms with Crippen LogP contribution in [-0.2, 0) is 4.79 Å². The highest BCUT2D eigenvalue weighted by Gasteiger charge is 2.35. The molecule has 0 radical (unpaired) electrons. The van der Waals surface area contributed by atoms with Crippen molar-refractivity contribution in [2.75, 3.05) is 7.11 Å². The van der Waals surface area contributed by atoms with Crippen molar-refractivity contribution in [1.29, 1.82) is 0 Å². The molecule has 5 nitrogen and oxygen atoms in total. The zero-order chi connectivity index (χ0) is 26.2. The molecular weight excluding hydrogens is 469 g/mol. The lowest BCUT2D eigenvalue weighted by atomic mass is 9.80. The maximum absolute atomic E-state index is 15.0.